The van der Waals surface area contributed by atoms with Crippen LogP contribution in [0.4, 0.5) is 26.3 Å². The Labute approximate surface area is 106 Å². The van der Waals surface area contributed by atoms with Crippen LogP contribution in [0.5, 0.6) is 0 Å². The molecule has 1 aromatic rings. The van der Waals surface area contributed by atoms with E-state index in [1.54, 1.807) is 0 Å². The van der Waals surface area contributed by atoms with E-state index in [-0.39, 0.29) is 5.69 Å². The van der Waals surface area contributed by atoms with Crippen LogP contribution in [0.25, 0.3) is 0 Å². The van der Waals surface area contributed by atoms with Gasteiger partial charge in [-0.1, -0.05) is 0 Å². The van der Waals surface area contributed by atoms with E-state index in [1.807, 2.05) is 0 Å². The van der Waals surface area contributed by atoms with E-state index in [0.717, 1.165) is 12.3 Å². The van der Waals surface area contributed by atoms with Crippen molar-refractivity contribution in [2.75, 3.05) is 0 Å². The van der Waals surface area contributed by atoms with E-state index in [9.17, 15) is 31.1 Å². The smallest absolute Gasteiger partial charge is 0.475 e. The number of primary amides is 1. The summed E-state index contributed by atoms with van der Waals surface area (Å²) >= 11 is 0. The summed E-state index contributed by atoms with van der Waals surface area (Å²) in [5.41, 5.74) is 4.62. The summed E-state index contributed by atoms with van der Waals surface area (Å²) in [6, 6.07) is 1.13. The maximum absolute atomic E-state index is 11.8. The molecule has 0 unspecified atom stereocenters. The van der Waals surface area contributed by atoms with Gasteiger partial charge in [-0.25, -0.2) is 4.79 Å². The monoisotopic (exact) mass is 307 g/mol. The quantitative estimate of drug-likeness (QED) is 0.801. The second-order valence-corrected chi connectivity index (χ2v) is 3.18. The molecule has 0 atom stereocenters. The maximum atomic E-state index is 11.8. The van der Waals surface area contributed by atoms with Gasteiger partial charge in [-0.3, -0.25) is 9.48 Å². The van der Waals surface area contributed by atoms with Gasteiger partial charge >= 0.3 is 18.3 Å². The molecule has 0 aliphatic carbocycles. The SMILES string of the molecule is NC(=O)c1ccn(CC(F)(F)F)n1.O=C(O)C(F)(F)F. The summed E-state index contributed by atoms with van der Waals surface area (Å²) < 4.78 is 67.7. The van der Waals surface area contributed by atoms with Gasteiger partial charge in [-0.05, 0) is 6.07 Å². The number of aromatic nitrogens is 2. The molecule has 0 aliphatic heterocycles. The van der Waals surface area contributed by atoms with Gasteiger partial charge in [0.05, 0.1) is 0 Å². The Bertz CT molecular complexity index is 479. The van der Waals surface area contributed by atoms with Crippen molar-refractivity contribution in [2.45, 2.75) is 18.9 Å². The first-order chi connectivity index (χ1) is 8.83. The number of carbonyl (C=O) groups excluding carboxylic acids is 1. The number of carbonyl (C=O) groups is 2. The van der Waals surface area contributed by atoms with Crippen molar-refractivity contribution in [1.29, 1.82) is 0 Å². The van der Waals surface area contributed by atoms with Crippen LogP contribution in [0.2, 0.25) is 0 Å². The fourth-order valence-corrected chi connectivity index (χ4v) is 0.765. The summed E-state index contributed by atoms with van der Waals surface area (Å²) in [6.07, 6.45) is -8.38. The molecule has 0 bridgehead atoms. The Kier molecular flexibility index (Phi) is 5.54. The minimum absolute atomic E-state index is 0.177. The van der Waals surface area contributed by atoms with Crippen molar-refractivity contribution in [3.63, 3.8) is 0 Å². The van der Waals surface area contributed by atoms with Gasteiger partial charge in [0.1, 0.15) is 12.2 Å². The molecule has 0 saturated carbocycles. The normalized spacial score (nSPS) is 11.5. The summed E-state index contributed by atoms with van der Waals surface area (Å²) in [7, 11) is 0. The molecule has 0 fully saturated rings. The molecular formula is C8H7F6N3O3. The van der Waals surface area contributed by atoms with Crippen LogP contribution in [0.15, 0.2) is 12.3 Å². The average Bonchev–Trinajstić information content (AvgIpc) is 2.62. The molecule has 1 amide bonds. The highest BCUT2D eigenvalue weighted by atomic mass is 19.4. The van der Waals surface area contributed by atoms with E-state index >= 15 is 0 Å². The minimum atomic E-state index is -5.08. The van der Waals surface area contributed by atoms with E-state index in [4.69, 9.17) is 15.6 Å². The van der Waals surface area contributed by atoms with Crippen molar-refractivity contribution in [3.8, 4) is 0 Å². The molecule has 12 heteroatoms. The first-order valence-corrected chi connectivity index (χ1v) is 4.53. The van der Waals surface area contributed by atoms with Crippen LogP contribution in [0, 0.1) is 0 Å². The molecule has 0 saturated heterocycles. The fraction of sp³-hybridized carbons (Fsp3) is 0.375. The lowest BCUT2D eigenvalue weighted by molar-refractivity contribution is -0.192. The van der Waals surface area contributed by atoms with Crippen molar-refractivity contribution in [3.05, 3.63) is 18.0 Å². The van der Waals surface area contributed by atoms with Crippen LogP contribution in [-0.2, 0) is 11.3 Å². The highest BCUT2D eigenvalue weighted by Gasteiger charge is 2.38. The van der Waals surface area contributed by atoms with Gasteiger partial charge in [0.15, 0.2) is 0 Å². The third-order valence-corrected chi connectivity index (χ3v) is 1.48. The molecule has 114 valence electrons. The van der Waals surface area contributed by atoms with E-state index < -0.39 is 30.8 Å². The molecule has 3 N–H and O–H groups in total. The van der Waals surface area contributed by atoms with E-state index in [1.165, 1.54) is 0 Å². The summed E-state index contributed by atoms with van der Waals surface area (Å²) in [4.78, 5) is 19.3. The highest BCUT2D eigenvalue weighted by molar-refractivity contribution is 5.90. The van der Waals surface area contributed by atoms with Gasteiger partial charge in [-0.2, -0.15) is 31.4 Å². The Hall–Kier alpha value is -2.27. The first-order valence-electron chi connectivity index (χ1n) is 4.53. The summed E-state index contributed by atoms with van der Waals surface area (Å²) in [5, 5.41) is 10.4. The van der Waals surface area contributed by atoms with Gasteiger partial charge in [-0.15, -0.1) is 0 Å². The number of hydrogen-bond acceptors (Lipinski definition) is 3. The first kappa shape index (κ1) is 17.7. The third kappa shape index (κ3) is 7.23. The van der Waals surface area contributed by atoms with Gasteiger partial charge < -0.3 is 10.8 Å². The summed E-state index contributed by atoms with van der Waals surface area (Å²) in [5.74, 6) is -3.60. The zero-order valence-corrected chi connectivity index (χ0v) is 9.37. The van der Waals surface area contributed by atoms with Gasteiger partial charge in [0, 0.05) is 6.20 Å². The van der Waals surface area contributed by atoms with Gasteiger partial charge in [0.25, 0.3) is 5.91 Å². The largest absolute Gasteiger partial charge is 0.490 e. The number of amides is 1. The summed E-state index contributed by atoms with van der Waals surface area (Å²) in [6.45, 7) is -1.22. The number of alkyl halides is 6. The number of hydrogen-bond donors (Lipinski definition) is 2. The highest BCUT2D eigenvalue weighted by Crippen LogP contribution is 2.16. The number of carboxylic acid groups (broad SMARTS) is 1. The van der Waals surface area contributed by atoms with Gasteiger partial charge in [0.2, 0.25) is 0 Å². The van der Waals surface area contributed by atoms with Crippen molar-refractivity contribution in [2.24, 2.45) is 5.73 Å². The van der Waals surface area contributed by atoms with Crippen LogP contribution >= 0.6 is 0 Å². The van der Waals surface area contributed by atoms with Crippen molar-refractivity contribution >= 4 is 11.9 Å². The molecular weight excluding hydrogens is 300 g/mol. The predicted molar refractivity (Wildman–Crippen MR) is 50.5 cm³/mol. The number of carboxylic acids is 1. The molecule has 6 nitrogen and oxygen atoms in total. The molecule has 1 heterocycles. The second kappa shape index (κ2) is 6.25. The lowest BCUT2D eigenvalue weighted by atomic mass is 10.4. The Morgan fingerprint density at radius 2 is 1.70 bits per heavy atom. The molecule has 1 rings (SSSR count). The number of nitrogens with zero attached hydrogens (tertiary/aromatic N) is 2. The molecule has 0 aliphatic rings. The Morgan fingerprint density at radius 3 is 1.95 bits per heavy atom. The maximum Gasteiger partial charge on any atom is 0.490 e. The van der Waals surface area contributed by atoms with Crippen molar-refractivity contribution < 1.29 is 41.0 Å². The molecule has 1 aromatic heterocycles. The van der Waals surface area contributed by atoms with Crippen LogP contribution in [-0.4, -0.2) is 39.1 Å². The number of aliphatic carboxylic acids is 1. The lowest BCUT2D eigenvalue weighted by Crippen LogP contribution is -2.21. The van der Waals surface area contributed by atoms with Crippen LogP contribution < -0.4 is 5.73 Å². The average molecular weight is 307 g/mol. The second-order valence-electron chi connectivity index (χ2n) is 3.18. The lowest BCUT2D eigenvalue weighted by Gasteiger charge is -2.04. The number of halogens is 6. The predicted octanol–water partition coefficient (Wildman–Crippen LogP) is 1.18. The van der Waals surface area contributed by atoms with Crippen molar-refractivity contribution in [1.82, 2.24) is 9.78 Å². The zero-order valence-electron chi connectivity index (χ0n) is 9.37. The third-order valence-electron chi connectivity index (χ3n) is 1.48. The molecule has 0 spiro atoms. The topological polar surface area (TPSA) is 98.2 Å². The van der Waals surface area contributed by atoms with E-state index in [0.29, 0.717) is 4.68 Å². The van der Waals surface area contributed by atoms with E-state index in [2.05, 4.69) is 5.10 Å². The molecule has 0 aromatic carbocycles. The fourth-order valence-electron chi connectivity index (χ4n) is 0.765. The number of nitrogens with two attached hydrogens (primary N) is 1. The van der Waals surface area contributed by atoms with Crippen LogP contribution in [0.3, 0.4) is 0 Å². The molecule has 0 radical (unpaired) electrons. The standard InChI is InChI=1S/C6H6F3N3O.C2HF3O2/c7-6(8,9)3-12-2-1-4(11-12)5(10)13;3-2(4,5)1(6)7/h1-2H,3H2,(H2,10,13);(H,6,7). The molecule has 20 heavy (non-hydrogen) atoms. The van der Waals surface area contributed by atoms with Crippen LogP contribution in [0.1, 0.15) is 10.5 Å². The number of rotatable bonds is 2. The Morgan fingerprint density at radius 1 is 1.25 bits per heavy atom. The minimum Gasteiger partial charge on any atom is -0.475 e. The zero-order chi connectivity index (χ0) is 16.1. The Balaban J connectivity index is 0.000000441.